The van der Waals surface area contributed by atoms with Crippen LogP contribution in [0.1, 0.15) is 30.3 Å². The van der Waals surface area contributed by atoms with Crippen molar-refractivity contribution in [1.29, 1.82) is 0 Å². The van der Waals surface area contributed by atoms with Crippen LogP contribution in [0.2, 0.25) is 0 Å². The molecule has 2 heterocycles. The summed E-state index contributed by atoms with van der Waals surface area (Å²) in [6.07, 6.45) is 2.92. The minimum absolute atomic E-state index is 0.0170. The smallest absolute Gasteiger partial charge is 0.352 e. The number of carbonyl (C=O) groups is 1. The van der Waals surface area contributed by atoms with Crippen molar-refractivity contribution < 1.29 is 18.3 Å². The molecule has 1 fully saturated rings. The highest BCUT2D eigenvalue weighted by Crippen LogP contribution is 2.20. The predicted octanol–water partition coefficient (Wildman–Crippen LogP) is 0.580. The van der Waals surface area contributed by atoms with E-state index in [1.54, 1.807) is 0 Å². The van der Waals surface area contributed by atoms with E-state index in [1.807, 2.05) is 6.92 Å². The van der Waals surface area contributed by atoms with Gasteiger partial charge in [-0.3, -0.25) is 0 Å². The van der Waals surface area contributed by atoms with E-state index in [1.165, 1.54) is 21.1 Å². The van der Waals surface area contributed by atoms with Gasteiger partial charge >= 0.3 is 5.97 Å². The SMILES string of the molecule is CCCn1cc(S(=O)(=O)N2CCCNCC2)cc1C(=O)O. The summed E-state index contributed by atoms with van der Waals surface area (Å²) in [4.78, 5) is 11.3. The highest BCUT2D eigenvalue weighted by molar-refractivity contribution is 7.89. The van der Waals surface area contributed by atoms with Gasteiger partial charge in [0, 0.05) is 32.4 Å². The van der Waals surface area contributed by atoms with Crippen molar-refractivity contribution in [3.05, 3.63) is 18.0 Å². The van der Waals surface area contributed by atoms with Crippen LogP contribution in [0.4, 0.5) is 0 Å². The van der Waals surface area contributed by atoms with Crippen LogP contribution in [-0.4, -0.2) is 54.5 Å². The molecule has 0 saturated carbocycles. The maximum atomic E-state index is 12.6. The highest BCUT2D eigenvalue weighted by Gasteiger charge is 2.28. The number of rotatable bonds is 5. The summed E-state index contributed by atoms with van der Waals surface area (Å²) in [5.41, 5.74) is 0.0170. The Hall–Kier alpha value is -1.38. The largest absolute Gasteiger partial charge is 0.477 e. The van der Waals surface area contributed by atoms with E-state index in [9.17, 15) is 18.3 Å². The molecule has 1 aliphatic heterocycles. The Balaban J connectivity index is 2.35. The summed E-state index contributed by atoms with van der Waals surface area (Å²) in [5, 5.41) is 12.3. The number of hydrogen-bond donors (Lipinski definition) is 2. The van der Waals surface area contributed by atoms with E-state index in [-0.39, 0.29) is 10.6 Å². The molecule has 0 unspecified atom stereocenters. The fourth-order valence-corrected chi connectivity index (χ4v) is 3.96. The molecule has 1 aromatic rings. The van der Waals surface area contributed by atoms with Crippen molar-refractivity contribution in [1.82, 2.24) is 14.2 Å². The molecule has 2 rings (SSSR count). The minimum Gasteiger partial charge on any atom is -0.477 e. The van der Waals surface area contributed by atoms with E-state index >= 15 is 0 Å². The number of carboxylic acids is 1. The van der Waals surface area contributed by atoms with Crippen molar-refractivity contribution in [2.45, 2.75) is 31.2 Å². The van der Waals surface area contributed by atoms with Gasteiger partial charge in [0.15, 0.2) is 0 Å². The summed E-state index contributed by atoms with van der Waals surface area (Å²) < 4.78 is 28.2. The molecule has 21 heavy (non-hydrogen) atoms. The number of aryl methyl sites for hydroxylation is 1. The van der Waals surface area contributed by atoms with Gasteiger partial charge in [0.1, 0.15) is 10.6 Å². The van der Waals surface area contributed by atoms with Gasteiger partial charge in [0.2, 0.25) is 10.0 Å². The normalized spacial score (nSPS) is 17.6. The van der Waals surface area contributed by atoms with Gasteiger partial charge in [-0.15, -0.1) is 0 Å². The van der Waals surface area contributed by atoms with Gasteiger partial charge in [-0.1, -0.05) is 6.92 Å². The first-order valence-electron chi connectivity index (χ1n) is 7.11. The van der Waals surface area contributed by atoms with Crippen LogP contribution < -0.4 is 5.32 Å². The second-order valence-corrected chi connectivity index (χ2v) is 7.01. The molecule has 1 saturated heterocycles. The molecule has 1 aliphatic rings. The number of nitrogens with one attached hydrogen (secondary N) is 1. The molecule has 0 amide bonds. The molecule has 7 nitrogen and oxygen atoms in total. The van der Waals surface area contributed by atoms with Gasteiger partial charge in [0.05, 0.1) is 0 Å². The first kappa shape index (κ1) is 16.0. The van der Waals surface area contributed by atoms with Gasteiger partial charge in [-0.05, 0) is 25.5 Å². The molecule has 118 valence electrons. The van der Waals surface area contributed by atoms with E-state index in [2.05, 4.69) is 5.32 Å². The molecular weight excluding hydrogens is 294 g/mol. The van der Waals surface area contributed by atoms with Crippen LogP contribution in [0.5, 0.6) is 0 Å². The third kappa shape index (κ3) is 3.45. The topological polar surface area (TPSA) is 91.6 Å². The van der Waals surface area contributed by atoms with Crippen molar-refractivity contribution in [3.8, 4) is 0 Å². The molecule has 0 spiro atoms. The molecule has 8 heteroatoms. The second-order valence-electron chi connectivity index (χ2n) is 5.07. The fourth-order valence-electron chi connectivity index (χ4n) is 2.44. The Kier molecular flexibility index (Phi) is 5.02. The summed E-state index contributed by atoms with van der Waals surface area (Å²) in [7, 11) is -3.63. The molecule has 2 N–H and O–H groups in total. The van der Waals surface area contributed by atoms with Gasteiger partial charge in [-0.25, -0.2) is 13.2 Å². The summed E-state index contributed by atoms with van der Waals surface area (Å²) in [6, 6.07) is 1.26. The zero-order valence-electron chi connectivity index (χ0n) is 12.1. The van der Waals surface area contributed by atoms with Gasteiger partial charge < -0.3 is 15.0 Å². The molecule has 0 aliphatic carbocycles. The van der Waals surface area contributed by atoms with Crippen molar-refractivity contribution in [2.24, 2.45) is 0 Å². The maximum absolute atomic E-state index is 12.6. The molecule has 0 bridgehead atoms. The van der Waals surface area contributed by atoms with Gasteiger partial charge in [0.25, 0.3) is 0 Å². The monoisotopic (exact) mass is 315 g/mol. The van der Waals surface area contributed by atoms with Crippen molar-refractivity contribution in [2.75, 3.05) is 26.2 Å². The van der Waals surface area contributed by atoms with Crippen LogP contribution in [0, 0.1) is 0 Å². The Bertz CT molecular complexity index is 601. The fraction of sp³-hybridized carbons (Fsp3) is 0.615. The maximum Gasteiger partial charge on any atom is 0.352 e. The lowest BCUT2D eigenvalue weighted by atomic mass is 10.4. The van der Waals surface area contributed by atoms with E-state index < -0.39 is 16.0 Å². The molecule has 0 atom stereocenters. The average molecular weight is 315 g/mol. The lowest BCUT2D eigenvalue weighted by Gasteiger charge is -2.18. The summed E-state index contributed by atoms with van der Waals surface area (Å²) >= 11 is 0. The number of aromatic nitrogens is 1. The van der Waals surface area contributed by atoms with Crippen LogP contribution in [0.25, 0.3) is 0 Å². The van der Waals surface area contributed by atoms with E-state index in [4.69, 9.17) is 0 Å². The average Bonchev–Trinajstić information content (AvgIpc) is 2.68. The lowest BCUT2D eigenvalue weighted by Crippen LogP contribution is -2.34. The second kappa shape index (κ2) is 6.59. The number of aromatic carboxylic acids is 1. The predicted molar refractivity (Wildman–Crippen MR) is 77.9 cm³/mol. The van der Waals surface area contributed by atoms with Gasteiger partial charge in [-0.2, -0.15) is 4.31 Å². The molecule has 0 aromatic carbocycles. The number of sulfonamides is 1. The number of carboxylic acid groups (broad SMARTS) is 1. The van der Waals surface area contributed by atoms with Crippen LogP contribution in [-0.2, 0) is 16.6 Å². The first-order chi connectivity index (χ1) is 9.96. The van der Waals surface area contributed by atoms with Crippen LogP contribution in [0.15, 0.2) is 17.2 Å². The summed E-state index contributed by atoms with van der Waals surface area (Å²) in [5.74, 6) is -1.11. The zero-order valence-corrected chi connectivity index (χ0v) is 12.9. The molecule has 1 aromatic heterocycles. The minimum atomic E-state index is -3.63. The third-order valence-corrected chi connectivity index (χ3v) is 5.36. The Labute approximate surface area is 124 Å². The standard InChI is InChI=1S/C13H21N3O4S/c1-2-6-15-10-11(9-12(15)13(17)18)21(19,20)16-7-3-4-14-5-8-16/h9-10,14H,2-8H2,1H3,(H,17,18). The Morgan fingerprint density at radius 3 is 2.81 bits per heavy atom. The molecule has 0 radical (unpaired) electrons. The Morgan fingerprint density at radius 1 is 1.38 bits per heavy atom. The van der Waals surface area contributed by atoms with Crippen molar-refractivity contribution in [3.63, 3.8) is 0 Å². The zero-order chi connectivity index (χ0) is 15.5. The summed E-state index contributed by atoms with van der Waals surface area (Å²) in [6.45, 7) is 4.67. The first-order valence-corrected chi connectivity index (χ1v) is 8.55. The Morgan fingerprint density at radius 2 is 2.14 bits per heavy atom. The molecular formula is C13H21N3O4S. The number of hydrogen-bond acceptors (Lipinski definition) is 4. The highest BCUT2D eigenvalue weighted by atomic mass is 32.2. The van der Waals surface area contributed by atoms with Crippen LogP contribution >= 0.6 is 0 Å². The quantitative estimate of drug-likeness (QED) is 0.829. The van der Waals surface area contributed by atoms with E-state index in [0.29, 0.717) is 26.2 Å². The van der Waals surface area contributed by atoms with E-state index in [0.717, 1.165) is 19.4 Å². The number of nitrogens with zero attached hydrogens (tertiary/aromatic N) is 2. The van der Waals surface area contributed by atoms with Crippen molar-refractivity contribution >= 4 is 16.0 Å². The third-order valence-electron chi connectivity index (χ3n) is 3.49. The van der Waals surface area contributed by atoms with Crippen LogP contribution in [0.3, 0.4) is 0 Å². The lowest BCUT2D eigenvalue weighted by molar-refractivity contribution is 0.0685.